The summed E-state index contributed by atoms with van der Waals surface area (Å²) < 4.78 is 27.1. The van der Waals surface area contributed by atoms with Crippen molar-refractivity contribution in [2.75, 3.05) is 18.8 Å². The third kappa shape index (κ3) is 3.48. The molecule has 1 heterocycles. The average Bonchev–Trinajstić information content (AvgIpc) is 2.42. The number of carbonyl (C=O) groups is 2. The number of likely N-dealkylation sites (tertiary alicyclic amines) is 1. The van der Waals surface area contributed by atoms with Gasteiger partial charge in [0.15, 0.2) is 5.82 Å². The summed E-state index contributed by atoms with van der Waals surface area (Å²) in [5.74, 6) is -2.48. The van der Waals surface area contributed by atoms with Crippen LogP contribution in [0.5, 0.6) is 0 Å². The second-order valence-electron chi connectivity index (χ2n) is 5.26. The number of hydrogen-bond acceptors (Lipinski definition) is 3. The minimum atomic E-state index is -0.902. The molecule has 7 heteroatoms. The molecule has 0 unspecified atom stereocenters. The minimum Gasteiger partial charge on any atom is -0.396 e. The molecule has 1 aromatic carbocycles. The van der Waals surface area contributed by atoms with E-state index in [-0.39, 0.29) is 29.5 Å². The maximum atomic E-state index is 13.8. The Morgan fingerprint density at radius 2 is 1.86 bits per heavy atom. The lowest BCUT2D eigenvalue weighted by Gasteiger charge is -2.31. The zero-order valence-electron chi connectivity index (χ0n) is 11.4. The molecule has 114 valence electrons. The molecule has 2 amide bonds. The zero-order valence-corrected chi connectivity index (χ0v) is 11.4. The molecule has 5 nitrogen and oxygen atoms in total. The minimum absolute atomic E-state index is 0.133. The smallest absolute Gasteiger partial charge is 0.257 e. The normalized spacial score (nSPS) is 16.0. The molecule has 0 aliphatic carbocycles. The first-order valence-corrected chi connectivity index (χ1v) is 6.70. The molecule has 0 aromatic heterocycles. The summed E-state index contributed by atoms with van der Waals surface area (Å²) in [7, 11) is 0. The van der Waals surface area contributed by atoms with Crippen LogP contribution in [0, 0.1) is 17.6 Å². The SMILES string of the molecule is NC(=O)CC1CCN(C(=O)c2cc(F)cc(N)c2F)CC1. The van der Waals surface area contributed by atoms with Crippen molar-refractivity contribution in [3.05, 3.63) is 29.3 Å². The van der Waals surface area contributed by atoms with Crippen molar-refractivity contribution in [2.45, 2.75) is 19.3 Å². The van der Waals surface area contributed by atoms with E-state index in [2.05, 4.69) is 0 Å². The van der Waals surface area contributed by atoms with Crippen molar-refractivity contribution < 1.29 is 18.4 Å². The molecule has 0 radical (unpaired) electrons. The maximum Gasteiger partial charge on any atom is 0.257 e. The highest BCUT2D eigenvalue weighted by atomic mass is 19.1. The van der Waals surface area contributed by atoms with Crippen LogP contribution in [0.3, 0.4) is 0 Å². The summed E-state index contributed by atoms with van der Waals surface area (Å²) >= 11 is 0. The highest BCUT2D eigenvalue weighted by Crippen LogP contribution is 2.24. The lowest BCUT2D eigenvalue weighted by molar-refractivity contribution is -0.119. The highest BCUT2D eigenvalue weighted by molar-refractivity contribution is 5.95. The summed E-state index contributed by atoms with van der Waals surface area (Å²) in [5, 5.41) is 0. The lowest BCUT2D eigenvalue weighted by Crippen LogP contribution is -2.39. The van der Waals surface area contributed by atoms with Crippen LogP contribution >= 0.6 is 0 Å². The number of nitrogens with zero attached hydrogens (tertiary/aromatic N) is 1. The van der Waals surface area contributed by atoms with E-state index in [1.165, 1.54) is 4.90 Å². The predicted octanol–water partition coefficient (Wildman–Crippen LogP) is 1.27. The molecular formula is C14H17F2N3O2. The Kier molecular flexibility index (Phi) is 4.40. The molecule has 0 spiro atoms. The summed E-state index contributed by atoms with van der Waals surface area (Å²) in [6, 6.07) is 1.69. The van der Waals surface area contributed by atoms with Crippen molar-refractivity contribution in [3.8, 4) is 0 Å². The standard InChI is InChI=1S/C14H17F2N3O2/c15-9-6-10(13(16)11(17)7-9)14(21)19-3-1-8(2-4-19)5-12(18)20/h6-8H,1-5,17H2,(H2,18,20). The Hall–Kier alpha value is -2.18. The van der Waals surface area contributed by atoms with Gasteiger partial charge in [0.05, 0.1) is 11.3 Å². The van der Waals surface area contributed by atoms with Crippen LogP contribution in [0.4, 0.5) is 14.5 Å². The van der Waals surface area contributed by atoms with Gasteiger partial charge in [-0.15, -0.1) is 0 Å². The Bertz CT molecular complexity index is 570. The highest BCUT2D eigenvalue weighted by Gasteiger charge is 2.27. The average molecular weight is 297 g/mol. The van der Waals surface area contributed by atoms with Gasteiger partial charge in [-0.2, -0.15) is 0 Å². The van der Waals surface area contributed by atoms with Crippen LogP contribution in [-0.2, 0) is 4.79 Å². The molecular weight excluding hydrogens is 280 g/mol. The van der Waals surface area contributed by atoms with Crippen LogP contribution < -0.4 is 11.5 Å². The first kappa shape index (κ1) is 15.2. The molecule has 1 aromatic rings. The van der Waals surface area contributed by atoms with Gasteiger partial charge in [0.25, 0.3) is 5.91 Å². The third-order valence-electron chi connectivity index (χ3n) is 3.69. The number of halogens is 2. The Labute approximate surface area is 120 Å². The summed E-state index contributed by atoms with van der Waals surface area (Å²) in [6.07, 6.45) is 1.51. The van der Waals surface area contributed by atoms with Gasteiger partial charge in [-0.05, 0) is 30.9 Å². The predicted molar refractivity (Wildman–Crippen MR) is 73.2 cm³/mol. The van der Waals surface area contributed by atoms with Gasteiger partial charge < -0.3 is 16.4 Å². The fourth-order valence-electron chi connectivity index (χ4n) is 2.56. The Morgan fingerprint density at radius 3 is 2.43 bits per heavy atom. The number of rotatable bonds is 3. The number of benzene rings is 1. The molecule has 1 fully saturated rings. The number of nitrogen functional groups attached to an aromatic ring is 1. The fourth-order valence-corrected chi connectivity index (χ4v) is 2.56. The molecule has 2 rings (SSSR count). The van der Waals surface area contributed by atoms with Gasteiger partial charge in [-0.3, -0.25) is 9.59 Å². The number of piperidine rings is 1. The van der Waals surface area contributed by atoms with E-state index in [1.54, 1.807) is 0 Å². The van der Waals surface area contributed by atoms with Crippen LogP contribution in [-0.4, -0.2) is 29.8 Å². The largest absolute Gasteiger partial charge is 0.396 e. The van der Waals surface area contributed by atoms with E-state index in [0.29, 0.717) is 25.9 Å². The third-order valence-corrected chi connectivity index (χ3v) is 3.69. The van der Waals surface area contributed by atoms with Gasteiger partial charge in [-0.1, -0.05) is 0 Å². The van der Waals surface area contributed by atoms with Crippen LogP contribution in [0.25, 0.3) is 0 Å². The second-order valence-corrected chi connectivity index (χ2v) is 5.26. The Balaban J connectivity index is 2.07. The Morgan fingerprint density at radius 1 is 1.24 bits per heavy atom. The van der Waals surface area contributed by atoms with Gasteiger partial charge in [-0.25, -0.2) is 8.78 Å². The van der Waals surface area contributed by atoms with Crippen molar-refractivity contribution >= 4 is 17.5 Å². The van der Waals surface area contributed by atoms with E-state index >= 15 is 0 Å². The number of primary amides is 1. The number of amides is 2. The summed E-state index contributed by atoms with van der Waals surface area (Å²) in [4.78, 5) is 24.5. The molecule has 1 saturated heterocycles. The number of carbonyl (C=O) groups excluding carboxylic acids is 2. The van der Waals surface area contributed by atoms with Crippen molar-refractivity contribution in [2.24, 2.45) is 11.7 Å². The quantitative estimate of drug-likeness (QED) is 0.823. The van der Waals surface area contributed by atoms with Gasteiger partial charge >= 0.3 is 0 Å². The molecule has 0 bridgehead atoms. The van der Waals surface area contributed by atoms with Gasteiger partial charge in [0, 0.05) is 19.5 Å². The molecule has 4 N–H and O–H groups in total. The summed E-state index contributed by atoms with van der Waals surface area (Å²) in [5.41, 5.74) is 9.72. The van der Waals surface area contributed by atoms with Crippen LogP contribution in [0.2, 0.25) is 0 Å². The maximum absolute atomic E-state index is 13.8. The van der Waals surface area contributed by atoms with Crippen molar-refractivity contribution in [3.63, 3.8) is 0 Å². The topological polar surface area (TPSA) is 89.4 Å². The van der Waals surface area contributed by atoms with E-state index in [1.807, 2.05) is 0 Å². The zero-order chi connectivity index (χ0) is 15.6. The summed E-state index contributed by atoms with van der Waals surface area (Å²) in [6.45, 7) is 0.763. The first-order valence-electron chi connectivity index (χ1n) is 6.70. The van der Waals surface area contributed by atoms with Gasteiger partial charge in [0.1, 0.15) is 5.82 Å². The van der Waals surface area contributed by atoms with Crippen molar-refractivity contribution in [1.29, 1.82) is 0 Å². The number of hydrogen-bond donors (Lipinski definition) is 2. The monoisotopic (exact) mass is 297 g/mol. The number of anilines is 1. The molecule has 0 saturated carbocycles. The second kappa shape index (κ2) is 6.07. The van der Waals surface area contributed by atoms with Crippen LogP contribution in [0.1, 0.15) is 29.6 Å². The van der Waals surface area contributed by atoms with Gasteiger partial charge in [0.2, 0.25) is 5.91 Å². The molecule has 0 atom stereocenters. The van der Waals surface area contributed by atoms with Crippen molar-refractivity contribution in [1.82, 2.24) is 4.90 Å². The first-order chi connectivity index (χ1) is 9.88. The van der Waals surface area contributed by atoms with E-state index in [0.717, 1.165) is 12.1 Å². The molecule has 21 heavy (non-hydrogen) atoms. The lowest BCUT2D eigenvalue weighted by atomic mass is 9.93. The van der Waals surface area contributed by atoms with Crippen LogP contribution in [0.15, 0.2) is 12.1 Å². The van der Waals surface area contributed by atoms with E-state index in [4.69, 9.17) is 11.5 Å². The fraction of sp³-hybridized carbons (Fsp3) is 0.429. The molecule has 1 aliphatic rings. The van der Waals surface area contributed by atoms with E-state index in [9.17, 15) is 18.4 Å². The number of nitrogens with two attached hydrogens (primary N) is 2. The van der Waals surface area contributed by atoms with E-state index < -0.39 is 17.5 Å². The molecule has 1 aliphatic heterocycles.